The molecule has 162 valence electrons. The van der Waals surface area contributed by atoms with E-state index in [0.29, 0.717) is 18.1 Å². The first-order valence-electron chi connectivity index (χ1n) is 9.92. The highest BCUT2D eigenvalue weighted by Crippen LogP contribution is 2.24. The first-order chi connectivity index (χ1) is 15.4. The molecule has 1 fully saturated rings. The molecule has 0 radical (unpaired) electrons. The number of urea groups is 1. The van der Waals surface area contributed by atoms with Crippen molar-refractivity contribution in [3.8, 4) is 11.4 Å². The Balaban J connectivity index is 1.73. The first-order valence-corrected chi connectivity index (χ1v) is 9.92. The van der Waals surface area contributed by atoms with Gasteiger partial charge < -0.3 is 4.74 Å². The van der Waals surface area contributed by atoms with Gasteiger partial charge in [0.2, 0.25) is 0 Å². The van der Waals surface area contributed by atoms with Crippen molar-refractivity contribution >= 4 is 29.6 Å². The number of carbonyl (C=O) groups is 3. The summed E-state index contributed by atoms with van der Waals surface area (Å²) in [5, 5.41) is 4.85. The lowest BCUT2D eigenvalue weighted by Gasteiger charge is -2.26. The maximum absolute atomic E-state index is 13.1. The Morgan fingerprint density at radius 3 is 2.28 bits per heavy atom. The third kappa shape index (κ3) is 3.71. The molecule has 0 aliphatic carbocycles. The molecule has 1 aromatic heterocycles. The average Bonchev–Trinajstić information content (AvgIpc) is 3.06. The SMILES string of the molecule is CCOc1ccc(N2C(=O)NC(=O)C(=Cc3c(C)n(-c4ccccc4)[nH]c3=O)C2=O)cc1. The van der Waals surface area contributed by atoms with Gasteiger partial charge in [-0.1, -0.05) is 18.2 Å². The van der Waals surface area contributed by atoms with Gasteiger partial charge in [-0.3, -0.25) is 29.5 Å². The van der Waals surface area contributed by atoms with Crippen LogP contribution in [0, 0.1) is 6.92 Å². The van der Waals surface area contributed by atoms with E-state index in [0.717, 1.165) is 10.6 Å². The number of para-hydroxylation sites is 1. The van der Waals surface area contributed by atoms with Gasteiger partial charge >= 0.3 is 6.03 Å². The van der Waals surface area contributed by atoms with Gasteiger partial charge in [-0.15, -0.1) is 0 Å². The summed E-state index contributed by atoms with van der Waals surface area (Å²) in [4.78, 5) is 51.4. The summed E-state index contributed by atoms with van der Waals surface area (Å²) in [6.45, 7) is 4.01. The molecule has 9 nitrogen and oxygen atoms in total. The summed E-state index contributed by atoms with van der Waals surface area (Å²) in [7, 11) is 0. The van der Waals surface area contributed by atoms with E-state index in [-0.39, 0.29) is 16.8 Å². The lowest BCUT2D eigenvalue weighted by Crippen LogP contribution is -2.54. The third-order valence-electron chi connectivity index (χ3n) is 4.99. The van der Waals surface area contributed by atoms with Crippen LogP contribution in [0.2, 0.25) is 0 Å². The van der Waals surface area contributed by atoms with Crippen molar-refractivity contribution in [3.05, 3.63) is 81.8 Å². The summed E-state index contributed by atoms with van der Waals surface area (Å²) in [5.41, 5.74) is 0.855. The molecule has 0 unspecified atom stereocenters. The quantitative estimate of drug-likeness (QED) is 0.475. The van der Waals surface area contributed by atoms with E-state index in [1.807, 2.05) is 37.3 Å². The number of rotatable bonds is 5. The van der Waals surface area contributed by atoms with E-state index < -0.39 is 23.4 Å². The number of anilines is 1. The molecule has 0 saturated carbocycles. The van der Waals surface area contributed by atoms with Crippen LogP contribution in [0.25, 0.3) is 11.8 Å². The number of nitrogens with one attached hydrogen (secondary N) is 2. The molecule has 1 saturated heterocycles. The predicted molar refractivity (Wildman–Crippen MR) is 118 cm³/mol. The molecular formula is C23H20N4O5. The number of imide groups is 2. The van der Waals surface area contributed by atoms with E-state index in [4.69, 9.17) is 4.74 Å². The Hall–Kier alpha value is -4.40. The van der Waals surface area contributed by atoms with Crippen LogP contribution in [0.3, 0.4) is 0 Å². The number of carbonyl (C=O) groups excluding carboxylic acids is 3. The van der Waals surface area contributed by atoms with Crippen LogP contribution < -0.4 is 20.5 Å². The maximum Gasteiger partial charge on any atom is 0.335 e. The van der Waals surface area contributed by atoms with Gasteiger partial charge in [-0.05, 0) is 56.3 Å². The van der Waals surface area contributed by atoms with Crippen LogP contribution in [-0.4, -0.2) is 34.2 Å². The lowest BCUT2D eigenvalue weighted by molar-refractivity contribution is -0.122. The van der Waals surface area contributed by atoms with Gasteiger partial charge in [0.25, 0.3) is 17.4 Å². The molecule has 2 N–H and O–H groups in total. The maximum atomic E-state index is 13.1. The number of barbiturate groups is 1. The Kier molecular flexibility index (Phi) is 5.46. The van der Waals surface area contributed by atoms with Crippen molar-refractivity contribution in [2.24, 2.45) is 0 Å². The summed E-state index contributed by atoms with van der Waals surface area (Å²) < 4.78 is 6.94. The van der Waals surface area contributed by atoms with E-state index in [2.05, 4.69) is 10.4 Å². The molecule has 3 aromatic rings. The number of ether oxygens (including phenoxy) is 1. The van der Waals surface area contributed by atoms with Crippen molar-refractivity contribution in [1.29, 1.82) is 0 Å². The van der Waals surface area contributed by atoms with Crippen molar-refractivity contribution in [2.75, 3.05) is 11.5 Å². The Morgan fingerprint density at radius 1 is 0.938 bits per heavy atom. The van der Waals surface area contributed by atoms with Crippen molar-refractivity contribution < 1.29 is 19.1 Å². The lowest BCUT2D eigenvalue weighted by atomic mass is 10.1. The number of aromatic amines is 1. The highest BCUT2D eigenvalue weighted by molar-refractivity contribution is 6.39. The minimum atomic E-state index is -0.867. The smallest absolute Gasteiger partial charge is 0.335 e. The van der Waals surface area contributed by atoms with Gasteiger partial charge in [0.05, 0.1) is 29.2 Å². The van der Waals surface area contributed by atoms with Crippen LogP contribution >= 0.6 is 0 Å². The second kappa shape index (κ2) is 8.38. The standard InChI is InChI=1S/C23H20N4O5/c1-3-32-17-11-9-15(10-12-17)26-22(30)19(20(28)24-23(26)31)13-18-14(2)27(25-21(18)29)16-7-5-4-6-8-16/h4-13H,3H2,1-2H3,(H,25,29)(H,24,28,31). The Bertz CT molecular complexity index is 1290. The minimum Gasteiger partial charge on any atom is -0.494 e. The van der Waals surface area contributed by atoms with Gasteiger partial charge in [-0.2, -0.15) is 0 Å². The van der Waals surface area contributed by atoms with Crippen LogP contribution in [-0.2, 0) is 9.59 Å². The minimum absolute atomic E-state index is 0.147. The Morgan fingerprint density at radius 2 is 1.62 bits per heavy atom. The van der Waals surface area contributed by atoms with E-state index >= 15 is 0 Å². The second-order valence-electron chi connectivity index (χ2n) is 7.00. The second-order valence-corrected chi connectivity index (χ2v) is 7.00. The zero-order chi connectivity index (χ0) is 22.8. The predicted octanol–water partition coefficient (Wildman–Crippen LogP) is 2.54. The van der Waals surface area contributed by atoms with Crippen LogP contribution in [0.15, 0.2) is 65.0 Å². The van der Waals surface area contributed by atoms with Gasteiger partial charge in [0.1, 0.15) is 11.3 Å². The van der Waals surface area contributed by atoms with E-state index in [9.17, 15) is 19.2 Å². The molecule has 32 heavy (non-hydrogen) atoms. The van der Waals surface area contributed by atoms with E-state index in [1.165, 1.54) is 6.08 Å². The van der Waals surface area contributed by atoms with Crippen molar-refractivity contribution in [3.63, 3.8) is 0 Å². The van der Waals surface area contributed by atoms with Crippen LogP contribution in [0.4, 0.5) is 10.5 Å². The fourth-order valence-corrected chi connectivity index (χ4v) is 3.43. The van der Waals surface area contributed by atoms with Gasteiger partial charge in [0.15, 0.2) is 0 Å². The molecule has 4 amide bonds. The highest BCUT2D eigenvalue weighted by Gasteiger charge is 2.37. The number of hydrogen-bond acceptors (Lipinski definition) is 5. The zero-order valence-electron chi connectivity index (χ0n) is 17.4. The molecule has 4 rings (SSSR count). The molecule has 0 spiro atoms. The molecule has 0 bridgehead atoms. The van der Waals surface area contributed by atoms with Gasteiger partial charge in [0, 0.05) is 0 Å². The monoisotopic (exact) mass is 432 g/mol. The zero-order valence-corrected chi connectivity index (χ0v) is 17.4. The fourth-order valence-electron chi connectivity index (χ4n) is 3.43. The van der Waals surface area contributed by atoms with Crippen LogP contribution in [0.5, 0.6) is 5.75 Å². The number of H-pyrrole nitrogens is 1. The molecule has 0 atom stereocenters. The number of amides is 4. The van der Waals surface area contributed by atoms with Crippen molar-refractivity contribution in [2.45, 2.75) is 13.8 Å². The summed E-state index contributed by atoms with van der Waals surface area (Å²) in [5.74, 6) is -1.11. The van der Waals surface area contributed by atoms with Crippen molar-refractivity contribution in [1.82, 2.24) is 15.1 Å². The number of aromatic nitrogens is 2. The molecule has 1 aliphatic heterocycles. The molecular weight excluding hydrogens is 412 g/mol. The van der Waals surface area contributed by atoms with E-state index in [1.54, 1.807) is 35.9 Å². The average molecular weight is 432 g/mol. The third-order valence-corrected chi connectivity index (χ3v) is 4.99. The fraction of sp³-hybridized carbons (Fsp3) is 0.130. The molecule has 1 aliphatic rings. The highest BCUT2D eigenvalue weighted by atomic mass is 16.5. The van der Waals surface area contributed by atoms with Crippen LogP contribution in [0.1, 0.15) is 18.2 Å². The number of benzene rings is 2. The largest absolute Gasteiger partial charge is 0.494 e. The number of hydrogen-bond donors (Lipinski definition) is 2. The molecule has 2 aromatic carbocycles. The first kappa shape index (κ1) is 20.9. The molecule has 9 heteroatoms. The normalized spacial score (nSPS) is 15.2. The summed E-state index contributed by atoms with van der Waals surface area (Å²) in [6, 6.07) is 14.6. The van der Waals surface area contributed by atoms with Gasteiger partial charge in [-0.25, -0.2) is 9.69 Å². The Labute approximate surface area is 182 Å². The summed E-state index contributed by atoms with van der Waals surface area (Å²) in [6.07, 6.45) is 1.21. The topological polar surface area (TPSA) is 114 Å². The summed E-state index contributed by atoms with van der Waals surface area (Å²) >= 11 is 0. The molecule has 2 heterocycles. The number of nitrogens with zero attached hydrogens (tertiary/aromatic N) is 2.